The van der Waals surface area contributed by atoms with E-state index in [1.165, 1.54) is 0 Å². The smallest absolute Gasteiger partial charge is 0.155 e. The van der Waals surface area contributed by atoms with E-state index in [0.717, 1.165) is 13.1 Å². The number of likely N-dealkylation sites (N-methyl/N-ethyl adjacent to an activating group) is 1. The van der Waals surface area contributed by atoms with E-state index in [1.807, 2.05) is 6.92 Å². The number of ether oxygens (including phenoxy) is 2. The van der Waals surface area contributed by atoms with Crippen molar-refractivity contribution in [2.75, 3.05) is 26.7 Å². The van der Waals surface area contributed by atoms with E-state index in [2.05, 4.69) is 23.0 Å². The van der Waals surface area contributed by atoms with Crippen LogP contribution >= 0.6 is 0 Å². The zero-order valence-corrected chi connectivity index (χ0v) is 10.7. The van der Waals surface area contributed by atoms with E-state index in [-0.39, 0.29) is 12.2 Å². The van der Waals surface area contributed by atoms with E-state index >= 15 is 0 Å². The molecule has 0 amide bonds. The van der Waals surface area contributed by atoms with Gasteiger partial charge < -0.3 is 14.4 Å². The molecule has 1 aromatic heterocycles. The molecule has 5 nitrogen and oxygen atoms in total. The first kappa shape index (κ1) is 12.8. The molecule has 0 bridgehead atoms. The molecule has 2 heterocycles. The molecule has 1 saturated heterocycles. The number of nitriles is 1. The summed E-state index contributed by atoms with van der Waals surface area (Å²) in [4.78, 5) is 6.19. The quantitative estimate of drug-likeness (QED) is 0.799. The van der Waals surface area contributed by atoms with Crippen LogP contribution in [0.15, 0.2) is 18.5 Å². The second-order valence-electron chi connectivity index (χ2n) is 4.48. The van der Waals surface area contributed by atoms with Gasteiger partial charge in [-0.25, -0.2) is 0 Å². The summed E-state index contributed by atoms with van der Waals surface area (Å²) in [6, 6.07) is 3.75. The zero-order chi connectivity index (χ0) is 13.0. The maximum absolute atomic E-state index is 8.99. The van der Waals surface area contributed by atoms with Gasteiger partial charge in [-0.15, -0.1) is 0 Å². The monoisotopic (exact) mass is 247 g/mol. The SMILES string of the molecule is CC(Oc1cnccc1C#N)C1CN(C)CCO1. The largest absolute Gasteiger partial charge is 0.485 e. The third kappa shape index (κ3) is 2.97. The van der Waals surface area contributed by atoms with Gasteiger partial charge in [0, 0.05) is 19.3 Å². The third-order valence-corrected chi connectivity index (χ3v) is 3.04. The van der Waals surface area contributed by atoms with Crippen molar-refractivity contribution in [2.45, 2.75) is 19.1 Å². The molecule has 0 aromatic carbocycles. The average molecular weight is 247 g/mol. The van der Waals surface area contributed by atoms with E-state index in [4.69, 9.17) is 14.7 Å². The average Bonchev–Trinajstić information content (AvgIpc) is 2.39. The number of aromatic nitrogens is 1. The topological polar surface area (TPSA) is 58.4 Å². The van der Waals surface area contributed by atoms with Gasteiger partial charge in [-0.2, -0.15) is 5.26 Å². The van der Waals surface area contributed by atoms with Crippen LogP contribution in [0.25, 0.3) is 0 Å². The molecular weight excluding hydrogens is 230 g/mol. The highest BCUT2D eigenvalue weighted by molar-refractivity contribution is 5.40. The van der Waals surface area contributed by atoms with Crippen molar-refractivity contribution in [1.82, 2.24) is 9.88 Å². The van der Waals surface area contributed by atoms with Crippen LogP contribution < -0.4 is 4.74 Å². The number of hydrogen-bond acceptors (Lipinski definition) is 5. The predicted molar refractivity (Wildman–Crippen MR) is 66.3 cm³/mol. The molecular formula is C13H17N3O2. The Hall–Kier alpha value is -1.64. The number of rotatable bonds is 3. The molecule has 0 N–H and O–H groups in total. The highest BCUT2D eigenvalue weighted by Gasteiger charge is 2.25. The molecule has 0 aliphatic carbocycles. The molecule has 2 unspecified atom stereocenters. The maximum atomic E-state index is 8.99. The van der Waals surface area contributed by atoms with Gasteiger partial charge in [-0.05, 0) is 20.0 Å². The Balaban J connectivity index is 2.02. The van der Waals surface area contributed by atoms with Crippen molar-refractivity contribution >= 4 is 0 Å². The van der Waals surface area contributed by atoms with Crippen molar-refractivity contribution < 1.29 is 9.47 Å². The van der Waals surface area contributed by atoms with Crippen LogP contribution in [-0.4, -0.2) is 48.8 Å². The van der Waals surface area contributed by atoms with Gasteiger partial charge in [0.1, 0.15) is 18.3 Å². The first-order chi connectivity index (χ1) is 8.70. The minimum absolute atomic E-state index is 0.0236. The van der Waals surface area contributed by atoms with Gasteiger partial charge >= 0.3 is 0 Å². The lowest BCUT2D eigenvalue weighted by Gasteiger charge is -2.33. The fourth-order valence-electron chi connectivity index (χ4n) is 1.94. The second-order valence-corrected chi connectivity index (χ2v) is 4.48. The molecule has 5 heteroatoms. The molecule has 0 saturated carbocycles. The molecule has 0 spiro atoms. The summed E-state index contributed by atoms with van der Waals surface area (Å²) in [5, 5.41) is 8.99. The minimum atomic E-state index is -0.107. The third-order valence-electron chi connectivity index (χ3n) is 3.04. The molecule has 1 aromatic rings. The van der Waals surface area contributed by atoms with Crippen molar-refractivity contribution in [3.63, 3.8) is 0 Å². The van der Waals surface area contributed by atoms with Gasteiger partial charge in [0.25, 0.3) is 0 Å². The first-order valence-electron chi connectivity index (χ1n) is 6.01. The van der Waals surface area contributed by atoms with Crippen molar-refractivity contribution in [2.24, 2.45) is 0 Å². The van der Waals surface area contributed by atoms with Crippen LogP contribution in [0, 0.1) is 11.3 Å². The summed E-state index contributed by atoms with van der Waals surface area (Å²) in [6.45, 7) is 4.45. The highest BCUT2D eigenvalue weighted by Crippen LogP contribution is 2.19. The van der Waals surface area contributed by atoms with Crippen molar-refractivity contribution in [1.29, 1.82) is 5.26 Å². The van der Waals surface area contributed by atoms with Gasteiger partial charge in [0.15, 0.2) is 5.75 Å². The summed E-state index contributed by atoms with van der Waals surface area (Å²) in [7, 11) is 2.06. The van der Waals surface area contributed by atoms with E-state index in [9.17, 15) is 0 Å². The minimum Gasteiger partial charge on any atom is -0.485 e. The summed E-state index contributed by atoms with van der Waals surface area (Å²) in [5.74, 6) is 0.518. The van der Waals surface area contributed by atoms with Gasteiger partial charge in [0.2, 0.25) is 0 Å². The number of nitrogens with zero attached hydrogens (tertiary/aromatic N) is 3. The van der Waals surface area contributed by atoms with Gasteiger partial charge in [-0.3, -0.25) is 4.98 Å². The molecule has 1 aliphatic heterocycles. The molecule has 1 fully saturated rings. The molecule has 1 aliphatic rings. The lowest BCUT2D eigenvalue weighted by molar-refractivity contribution is -0.0691. The van der Waals surface area contributed by atoms with Crippen LogP contribution in [-0.2, 0) is 4.74 Å². The van der Waals surface area contributed by atoms with Crippen LogP contribution in [0.2, 0.25) is 0 Å². The van der Waals surface area contributed by atoms with E-state index in [0.29, 0.717) is 17.9 Å². The van der Waals surface area contributed by atoms with Crippen LogP contribution in [0.1, 0.15) is 12.5 Å². The number of hydrogen-bond donors (Lipinski definition) is 0. The molecule has 2 rings (SSSR count). The Labute approximate surface area is 107 Å². The van der Waals surface area contributed by atoms with Crippen LogP contribution in [0.5, 0.6) is 5.75 Å². The summed E-state index contributed by atoms with van der Waals surface area (Å²) in [5.41, 5.74) is 0.501. The molecule has 2 atom stereocenters. The Morgan fingerprint density at radius 2 is 2.50 bits per heavy atom. The fraction of sp³-hybridized carbons (Fsp3) is 0.538. The standard InChI is InChI=1S/C13H17N3O2/c1-10(13-9-16(2)5-6-17-13)18-12-8-15-4-3-11(12)7-14/h3-4,8,10,13H,5-6,9H2,1-2H3. The predicted octanol–water partition coefficient (Wildman–Crippen LogP) is 1.05. The van der Waals surface area contributed by atoms with Gasteiger partial charge in [0.05, 0.1) is 18.4 Å². The lowest BCUT2D eigenvalue weighted by atomic mass is 10.2. The highest BCUT2D eigenvalue weighted by atomic mass is 16.5. The maximum Gasteiger partial charge on any atom is 0.155 e. The Bertz CT molecular complexity index is 444. The summed E-state index contributed by atoms with van der Waals surface area (Å²) < 4.78 is 11.5. The van der Waals surface area contributed by atoms with E-state index < -0.39 is 0 Å². The van der Waals surface area contributed by atoms with Crippen molar-refractivity contribution in [3.8, 4) is 11.8 Å². The fourth-order valence-corrected chi connectivity index (χ4v) is 1.94. The summed E-state index contributed by atoms with van der Waals surface area (Å²) >= 11 is 0. The Morgan fingerprint density at radius 3 is 3.22 bits per heavy atom. The Kier molecular flexibility index (Phi) is 4.13. The van der Waals surface area contributed by atoms with Crippen molar-refractivity contribution in [3.05, 3.63) is 24.0 Å². The zero-order valence-electron chi connectivity index (χ0n) is 10.7. The number of morpholine rings is 1. The van der Waals surface area contributed by atoms with Crippen LogP contribution in [0.4, 0.5) is 0 Å². The second kappa shape index (κ2) is 5.80. The first-order valence-corrected chi connectivity index (χ1v) is 6.01. The molecule has 96 valence electrons. The number of pyridine rings is 1. The van der Waals surface area contributed by atoms with Gasteiger partial charge in [-0.1, -0.05) is 0 Å². The van der Waals surface area contributed by atoms with Crippen LogP contribution in [0.3, 0.4) is 0 Å². The summed E-state index contributed by atoms with van der Waals surface area (Å²) in [6.07, 6.45) is 3.07. The lowest BCUT2D eigenvalue weighted by Crippen LogP contribution is -2.46. The Morgan fingerprint density at radius 1 is 1.67 bits per heavy atom. The molecule has 18 heavy (non-hydrogen) atoms. The molecule has 0 radical (unpaired) electrons. The van der Waals surface area contributed by atoms with E-state index in [1.54, 1.807) is 18.5 Å². The normalized spacial score (nSPS) is 22.2.